The summed E-state index contributed by atoms with van der Waals surface area (Å²) >= 11 is 0. The molecule has 1 atom stereocenters. The number of rotatable bonds is 6. The van der Waals surface area contributed by atoms with Gasteiger partial charge in [-0.2, -0.15) is 0 Å². The predicted octanol–water partition coefficient (Wildman–Crippen LogP) is 3.68. The van der Waals surface area contributed by atoms with Crippen molar-refractivity contribution in [1.29, 1.82) is 0 Å². The van der Waals surface area contributed by atoms with Gasteiger partial charge in [0.2, 0.25) is 10.0 Å². The number of benzene rings is 2. The molecule has 0 aliphatic heterocycles. The molecule has 0 spiro atoms. The highest BCUT2D eigenvalue weighted by molar-refractivity contribution is 7.89. The minimum Gasteiger partial charge on any atom is -0.211 e. The fourth-order valence-corrected chi connectivity index (χ4v) is 3.10. The molecule has 0 aliphatic carbocycles. The second-order valence-corrected chi connectivity index (χ2v) is 7.02. The Bertz CT molecular complexity index is 664. The van der Waals surface area contributed by atoms with E-state index in [1.165, 1.54) is 0 Å². The lowest BCUT2D eigenvalue weighted by atomic mass is 10.1. The molecule has 21 heavy (non-hydrogen) atoms. The van der Waals surface area contributed by atoms with Gasteiger partial charge in [-0.1, -0.05) is 62.7 Å². The first kappa shape index (κ1) is 15.7. The van der Waals surface area contributed by atoms with Crippen LogP contribution in [0.25, 0.3) is 11.1 Å². The lowest BCUT2D eigenvalue weighted by molar-refractivity contribution is 0.528. The largest absolute Gasteiger partial charge is 0.240 e. The average molecular weight is 303 g/mol. The Morgan fingerprint density at radius 2 is 1.52 bits per heavy atom. The van der Waals surface area contributed by atoms with Gasteiger partial charge in [0.15, 0.2) is 0 Å². The number of hydrogen-bond acceptors (Lipinski definition) is 2. The molecule has 0 radical (unpaired) electrons. The summed E-state index contributed by atoms with van der Waals surface area (Å²) in [5, 5.41) is 0. The molecule has 112 valence electrons. The Hall–Kier alpha value is -1.65. The minimum absolute atomic E-state index is 0.311. The molecule has 0 amide bonds. The zero-order valence-electron chi connectivity index (χ0n) is 12.4. The second-order valence-electron chi connectivity index (χ2n) is 5.26. The van der Waals surface area contributed by atoms with Crippen LogP contribution in [0.15, 0.2) is 59.5 Å². The van der Waals surface area contributed by atoms with E-state index in [1.54, 1.807) is 12.1 Å². The molecule has 2 rings (SSSR count). The first-order chi connectivity index (χ1) is 10.0. The van der Waals surface area contributed by atoms with Crippen LogP contribution in [0.3, 0.4) is 0 Å². The van der Waals surface area contributed by atoms with E-state index in [0.29, 0.717) is 17.4 Å². The van der Waals surface area contributed by atoms with Crippen molar-refractivity contribution in [3.8, 4) is 11.1 Å². The Labute approximate surface area is 127 Å². The van der Waals surface area contributed by atoms with Crippen molar-refractivity contribution in [2.45, 2.75) is 25.2 Å². The first-order valence-corrected chi connectivity index (χ1v) is 8.66. The van der Waals surface area contributed by atoms with Crippen molar-refractivity contribution in [3.63, 3.8) is 0 Å². The van der Waals surface area contributed by atoms with Crippen molar-refractivity contribution in [2.75, 3.05) is 6.54 Å². The summed E-state index contributed by atoms with van der Waals surface area (Å²) in [7, 11) is -3.41. The monoisotopic (exact) mass is 303 g/mol. The smallest absolute Gasteiger partial charge is 0.211 e. The summed E-state index contributed by atoms with van der Waals surface area (Å²) < 4.78 is 27.0. The van der Waals surface area contributed by atoms with Crippen LogP contribution in [0.5, 0.6) is 0 Å². The van der Waals surface area contributed by atoms with E-state index in [-0.39, 0.29) is 0 Å². The fraction of sp³-hybridized carbons (Fsp3) is 0.294. The molecule has 0 aliphatic rings. The second kappa shape index (κ2) is 6.87. The van der Waals surface area contributed by atoms with Crippen LogP contribution < -0.4 is 4.72 Å². The quantitative estimate of drug-likeness (QED) is 0.885. The van der Waals surface area contributed by atoms with Gasteiger partial charge in [0, 0.05) is 6.54 Å². The van der Waals surface area contributed by atoms with Gasteiger partial charge >= 0.3 is 0 Å². The van der Waals surface area contributed by atoms with Crippen LogP contribution >= 0.6 is 0 Å². The first-order valence-electron chi connectivity index (χ1n) is 7.18. The molecule has 2 aromatic rings. The van der Waals surface area contributed by atoms with Crippen LogP contribution in [0.1, 0.15) is 20.3 Å². The number of sulfonamides is 1. The maximum atomic E-state index is 12.2. The van der Waals surface area contributed by atoms with Crippen molar-refractivity contribution < 1.29 is 8.42 Å². The molecule has 0 saturated heterocycles. The van der Waals surface area contributed by atoms with E-state index in [1.807, 2.05) is 56.3 Å². The van der Waals surface area contributed by atoms with E-state index in [2.05, 4.69) is 4.72 Å². The summed E-state index contributed by atoms with van der Waals surface area (Å²) in [5.74, 6) is 0.336. The van der Waals surface area contributed by atoms with E-state index in [9.17, 15) is 8.42 Å². The molecule has 0 fully saturated rings. The maximum absolute atomic E-state index is 12.2. The fourth-order valence-electron chi connectivity index (χ4n) is 1.94. The van der Waals surface area contributed by atoms with Crippen LogP contribution in [0.4, 0.5) is 0 Å². The summed E-state index contributed by atoms with van der Waals surface area (Å²) in [6.07, 6.45) is 0.954. The lowest BCUT2D eigenvalue weighted by Gasteiger charge is -2.11. The lowest BCUT2D eigenvalue weighted by Crippen LogP contribution is -2.28. The Kier molecular flexibility index (Phi) is 5.15. The molecular weight excluding hydrogens is 282 g/mol. The van der Waals surface area contributed by atoms with Crippen LogP contribution in [0, 0.1) is 5.92 Å². The zero-order chi connectivity index (χ0) is 15.3. The van der Waals surface area contributed by atoms with Crippen molar-refractivity contribution >= 4 is 10.0 Å². The Balaban J connectivity index is 2.15. The molecule has 4 heteroatoms. The summed E-state index contributed by atoms with van der Waals surface area (Å²) in [6.45, 7) is 4.55. The highest BCUT2D eigenvalue weighted by Crippen LogP contribution is 2.20. The van der Waals surface area contributed by atoms with E-state index >= 15 is 0 Å². The highest BCUT2D eigenvalue weighted by Gasteiger charge is 2.14. The molecule has 0 bridgehead atoms. The van der Waals surface area contributed by atoms with Gasteiger partial charge in [-0.15, -0.1) is 0 Å². The van der Waals surface area contributed by atoms with Gasteiger partial charge in [-0.05, 0) is 29.2 Å². The van der Waals surface area contributed by atoms with Gasteiger partial charge in [-0.3, -0.25) is 0 Å². The summed E-state index contributed by atoms with van der Waals surface area (Å²) in [6, 6.07) is 16.9. The Morgan fingerprint density at radius 3 is 2.10 bits per heavy atom. The van der Waals surface area contributed by atoms with Gasteiger partial charge in [-0.25, -0.2) is 13.1 Å². The summed E-state index contributed by atoms with van der Waals surface area (Å²) in [5.41, 5.74) is 2.09. The third-order valence-corrected chi connectivity index (χ3v) is 5.03. The zero-order valence-corrected chi connectivity index (χ0v) is 13.2. The maximum Gasteiger partial charge on any atom is 0.240 e. The molecule has 0 aromatic heterocycles. The number of nitrogens with one attached hydrogen (secondary N) is 1. The summed E-state index contributed by atoms with van der Waals surface area (Å²) in [4.78, 5) is 0.311. The SMILES string of the molecule is CCC(C)CNS(=O)(=O)c1ccc(-c2ccccc2)cc1. The van der Waals surface area contributed by atoms with Gasteiger partial charge in [0.25, 0.3) is 0 Å². The Morgan fingerprint density at radius 1 is 0.952 bits per heavy atom. The van der Waals surface area contributed by atoms with Crippen molar-refractivity contribution in [2.24, 2.45) is 5.92 Å². The highest BCUT2D eigenvalue weighted by atomic mass is 32.2. The van der Waals surface area contributed by atoms with Crippen LogP contribution in [-0.4, -0.2) is 15.0 Å². The van der Waals surface area contributed by atoms with Crippen molar-refractivity contribution in [1.82, 2.24) is 4.72 Å². The van der Waals surface area contributed by atoms with Crippen LogP contribution in [0.2, 0.25) is 0 Å². The predicted molar refractivity (Wildman–Crippen MR) is 86.5 cm³/mol. The molecule has 1 N–H and O–H groups in total. The topological polar surface area (TPSA) is 46.2 Å². The molecule has 3 nitrogen and oxygen atoms in total. The van der Waals surface area contributed by atoms with Gasteiger partial charge in [0.1, 0.15) is 0 Å². The van der Waals surface area contributed by atoms with E-state index < -0.39 is 10.0 Å². The molecular formula is C17H21NO2S. The van der Waals surface area contributed by atoms with Crippen molar-refractivity contribution in [3.05, 3.63) is 54.6 Å². The van der Waals surface area contributed by atoms with Gasteiger partial charge in [0.05, 0.1) is 4.90 Å². The van der Waals surface area contributed by atoms with E-state index in [0.717, 1.165) is 17.5 Å². The standard InChI is InChI=1S/C17H21NO2S/c1-3-14(2)13-18-21(19,20)17-11-9-16(10-12-17)15-7-5-4-6-8-15/h4-12,14,18H,3,13H2,1-2H3. The minimum atomic E-state index is -3.41. The molecule has 1 unspecified atom stereocenters. The third kappa shape index (κ3) is 4.16. The van der Waals surface area contributed by atoms with E-state index in [4.69, 9.17) is 0 Å². The van der Waals surface area contributed by atoms with Crippen LogP contribution in [-0.2, 0) is 10.0 Å². The number of hydrogen-bond donors (Lipinski definition) is 1. The van der Waals surface area contributed by atoms with Gasteiger partial charge < -0.3 is 0 Å². The molecule has 2 aromatic carbocycles. The third-order valence-electron chi connectivity index (χ3n) is 3.59. The molecule has 0 saturated carbocycles. The molecule has 0 heterocycles. The normalized spacial score (nSPS) is 13.0. The average Bonchev–Trinajstić information content (AvgIpc) is 2.53.